The van der Waals surface area contributed by atoms with E-state index in [1.807, 2.05) is 6.33 Å². The topological polar surface area (TPSA) is 107 Å². The van der Waals surface area contributed by atoms with Crippen LogP contribution in [0.1, 0.15) is 60.4 Å². The van der Waals surface area contributed by atoms with Crippen molar-refractivity contribution in [2.24, 2.45) is 22.7 Å². The molecule has 0 saturated heterocycles. The molecule has 0 amide bonds. The number of methoxy groups -OCH3 is 1. The number of benzene rings is 4. The van der Waals surface area contributed by atoms with Crippen LogP contribution in [0.15, 0.2) is 128 Å². The van der Waals surface area contributed by atoms with E-state index in [1.54, 1.807) is 7.11 Å². The molecule has 1 aliphatic rings. The number of imidazole rings is 1. The summed E-state index contributed by atoms with van der Waals surface area (Å²) >= 11 is 0. The third kappa shape index (κ3) is 9.29. The zero-order chi connectivity index (χ0) is 40.9. The predicted octanol–water partition coefficient (Wildman–Crippen LogP) is 6.48. The Hall–Kier alpha value is -4.66. The molecule has 2 aromatic heterocycles. The lowest BCUT2D eigenvalue weighted by Gasteiger charge is -2.47. The van der Waals surface area contributed by atoms with Gasteiger partial charge in [0.05, 0.1) is 25.1 Å². The van der Waals surface area contributed by atoms with Gasteiger partial charge in [-0.15, -0.1) is 0 Å². The molecule has 2 radical (unpaired) electrons. The van der Waals surface area contributed by atoms with Crippen molar-refractivity contribution in [2.75, 3.05) is 26.1 Å². The molecule has 1 saturated carbocycles. The molecule has 2 unspecified atom stereocenters. The summed E-state index contributed by atoms with van der Waals surface area (Å²) in [5, 5.41) is 4.89. The minimum absolute atomic E-state index is 0.00195. The van der Waals surface area contributed by atoms with Crippen LogP contribution in [0.3, 0.4) is 0 Å². The van der Waals surface area contributed by atoms with Gasteiger partial charge in [0.25, 0.3) is 18.1 Å². The van der Waals surface area contributed by atoms with E-state index in [4.69, 9.17) is 34.0 Å². The zero-order valence-corrected chi connectivity index (χ0v) is 36.8. The van der Waals surface area contributed by atoms with Crippen molar-refractivity contribution in [3.05, 3.63) is 128 Å². The minimum Gasteiger partial charge on any atom is -0.474 e. The molecular formula is C47H57N5O4Si2. The minimum atomic E-state index is -1.70. The standard InChI is InChI=1S/C47H57N5O4Si2/c1-46(2,3)41(55-57(33-20-12-8-13-21-33)34-22-14-9-15-23-34)37-28-29-38(52-32-49-40-43(52)50-45(48)51-44(40)54-31-30-53-7)39(37)42(47(4,5)6)56-58(35-24-16-10-17-25-35)36-26-18-11-19-27-36/h8-27,32,37-39,41-42H,28-31H2,1-7H3,(H2,48,50,51)/t37-,38+,39+,41?,42?/m0/s1. The maximum Gasteiger partial charge on any atom is 0.283 e. The number of nitrogens with zero attached hydrogens (tertiary/aromatic N) is 4. The summed E-state index contributed by atoms with van der Waals surface area (Å²) in [5.41, 5.74) is 7.17. The van der Waals surface area contributed by atoms with Crippen LogP contribution in [0.2, 0.25) is 0 Å². The maximum atomic E-state index is 7.82. The molecule has 1 fully saturated rings. The third-order valence-corrected chi connectivity index (χ3v) is 15.5. The van der Waals surface area contributed by atoms with Gasteiger partial charge in [0, 0.05) is 19.1 Å². The SMILES string of the molecule is COCCOc1nc(N)nc2c1ncn2[C@@H]1CC[C@H](C(O[Si](c2ccccc2)c2ccccc2)C(C)(C)C)[C@H]1C(O[Si](c1ccccc1)c1ccccc1)C(C)(C)C. The molecule has 7 rings (SSSR count). The van der Waals surface area contributed by atoms with Crippen LogP contribution in [-0.2, 0) is 13.6 Å². The Morgan fingerprint density at radius 2 is 1.12 bits per heavy atom. The van der Waals surface area contributed by atoms with E-state index < -0.39 is 18.1 Å². The number of rotatable bonds is 15. The second kappa shape index (κ2) is 18.1. The lowest BCUT2D eigenvalue weighted by atomic mass is 9.70. The van der Waals surface area contributed by atoms with Crippen LogP contribution in [0, 0.1) is 22.7 Å². The molecule has 58 heavy (non-hydrogen) atoms. The van der Waals surface area contributed by atoms with Gasteiger partial charge in [-0.25, -0.2) is 4.98 Å². The summed E-state index contributed by atoms with van der Waals surface area (Å²) in [6.07, 6.45) is 3.41. The Morgan fingerprint density at radius 3 is 1.57 bits per heavy atom. The monoisotopic (exact) mass is 811 g/mol. The number of ether oxygens (including phenoxy) is 2. The van der Waals surface area contributed by atoms with Gasteiger partial charge < -0.3 is 28.6 Å². The maximum absolute atomic E-state index is 7.82. The number of aromatic nitrogens is 4. The van der Waals surface area contributed by atoms with Crippen molar-refractivity contribution < 1.29 is 18.3 Å². The van der Waals surface area contributed by atoms with Gasteiger partial charge in [0.15, 0.2) is 11.2 Å². The van der Waals surface area contributed by atoms with Crippen LogP contribution < -0.4 is 31.2 Å². The molecule has 9 nitrogen and oxygen atoms in total. The van der Waals surface area contributed by atoms with Crippen molar-refractivity contribution in [3.8, 4) is 5.88 Å². The molecule has 6 aromatic rings. The Morgan fingerprint density at radius 1 is 0.655 bits per heavy atom. The van der Waals surface area contributed by atoms with Crippen molar-refractivity contribution in [2.45, 2.75) is 72.6 Å². The van der Waals surface area contributed by atoms with Crippen molar-refractivity contribution in [1.82, 2.24) is 19.5 Å². The molecule has 0 bridgehead atoms. The first-order chi connectivity index (χ1) is 27.9. The number of fused-ring (bicyclic) bond motifs is 1. The van der Waals surface area contributed by atoms with E-state index in [0.717, 1.165) is 12.8 Å². The van der Waals surface area contributed by atoms with Crippen LogP contribution in [0.25, 0.3) is 11.2 Å². The number of nitrogen functional groups attached to an aromatic ring is 1. The quantitative estimate of drug-likeness (QED) is 0.0930. The molecular weight excluding hydrogens is 755 g/mol. The van der Waals surface area contributed by atoms with Gasteiger partial charge in [-0.1, -0.05) is 163 Å². The van der Waals surface area contributed by atoms with Crippen molar-refractivity contribution in [3.63, 3.8) is 0 Å². The Labute approximate surface area is 347 Å². The number of nitrogens with two attached hydrogens (primary N) is 1. The van der Waals surface area contributed by atoms with Crippen LogP contribution in [0.5, 0.6) is 5.88 Å². The van der Waals surface area contributed by atoms with Crippen LogP contribution >= 0.6 is 0 Å². The molecule has 11 heteroatoms. The summed E-state index contributed by atoms with van der Waals surface area (Å²) in [7, 11) is -1.71. The number of anilines is 1. The van der Waals surface area contributed by atoms with E-state index >= 15 is 0 Å². The Balaban J connectivity index is 1.39. The molecule has 4 aromatic carbocycles. The highest BCUT2D eigenvalue weighted by molar-refractivity contribution is 6.80. The fraction of sp³-hybridized carbons (Fsp3) is 0.383. The number of hydrogen-bond donors (Lipinski definition) is 1. The van der Waals surface area contributed by atoms with E-state index in [1.165, 1.54) is 20.7 Å². The fourth-order valence-corrected chi connectivity index (χ4v) is 13.3. The summed E-state index contributed by atoms with van der Waals surface area (Å²) in [6.45, 7) is 14.7. The van der Waals surface area contributed by atoms with E-state index in [9.17, 15) is 0 Å². The van der Waals surface area contributed by atoms with Crippen molar-refractivity contribution in [1.29, 1.82) is 0 Å². The summed E-state index contributed by atoms with van der Waals surface area (Å²) < 4.78 is 29.1. The first-order valence-corrected chi connectivity index (χ1v) is 23.2. The smallest absolute Gasteiger partial charge is 0.283 e. The normalized spacial score (nSPS) is 18.5. The van der Waals surface area contributed by atoms with Gasteiger partial charge in [-0.05, 0) is 50.3 Å². The van der Waals surface area contributed by atoms with Gasteiger partial charge >= 0.3 is 0 Å². The van der Waals surface area contributed by atoms with Gasteiger partial charge in [-0.2, -0.15) is 9.97 Å². The third-order valence-electron chi connectivity index (χ3n) is 11.1. The molecule has 2 heterocycles. The first kappa shape index (κ1) is 41.5. The van der Waals surface area contributed by atoms with Gasteiger partial charge in [0.1, 0.15) is 6.61 Å². The number of hydrogen-bond acceptors (Lipinski definition) is 8. The van der Waals surface area contributed by atoms with Crippen molar-refractivity contribution >= 4 is 55.9 Å². The summed E-state index contributed by atoms with van der Waals surface area (Å²) in [4.78, 5) is 14.2. The molecule has 0 spiro atoms. The molecule has 0 aliphatic heterocycles. The molecule has 2 N–H and O–H groups in total. The average Bonchev–Trinajstić information content (AvgIpc) is 3.83. The molecule has 1 aliphatic carbocycles. The largest absolute Gasteiger partial charge is 0.474 e. The Bertz CT molecular complexity index is 2120. The lowest BCUT2D eigenvalue weighted by Crippen LogP contribution is -2.56. The van der Waals surface area contributed by atoms with E-state index in [2.05, 4.69) is 172 Å². The highest BCUT2D eigenvalue weighted by Gasteiger charge is 2.53. The highest BCUT2D eigenvalue weighted by Crippen LogP contribution is 2.53. The summed E-state index contributed by atoms with van der Waals surface area (Å²) in [6, 6.07) is 43.0. The molecule has 302 valence electrons. The average molecular weight is 812 g/mol. The van der Waals surface area contributed by atoms with Crippen LogP contribution in [-0.4, -0.2) is 70.1 Å². The van der Waals surface area contributed by atoms with E-state index in [0.29, 0.717) is 30.3 Å². The second-order valence-electron chi connectivity index (χ2n) is 17.4. The second-order valence-corrected chi connectivity index (χ2v) is 21.5. The first-order valence-electron chi connectivity index (χ1n) is 20.3. The predicted molar refractivity (Wildman–Crippen MR) is 237 cm³/mol. The highest BCUT2D eigenvalue weighted by atomic mass is 28.3. The van der Waals surface area contributed by atoms with Crippen LogP contribution in [0.4, 0.5) is 5.95 Å². The molecule has 5 atom stereocenters. The van der Waals surface area contributed by atoms with Gasteiger partial charge in [-0.3, -0.25) is 0 Å². The van der Waals surface area contributed by atoms with E-state index in [-0.39, 0.29) is 46.9 Å². The lowest BCUT2D eigenvalue weighted by molar-refractivity contribution is -0.0486. The Kier molecular flexibility index (Phi) is 12.9. The summed E-state index contributed by atoms with van der Waals surface area (Å²) in [5.74, 6) is 0.618. The zero-order valence-electron chi connectivity index (χ0n) is 34.8. The van der Waals surface area contributed by atoms with Gasteiger partial charge in [0.2, 0.25) is 11.8 Å². The fourth-order valence-electron chi connectivity index (χ4n) is 8.57.